The number of aliphatic hydroxyl groups is 1. The van der Waals surface area contributed by atoms with Gasteiger partial charge in [0, 0.05) is 4.47 Å². The highest BCUT2D eigenvalue weighted by Crippen LogP contribution is 2.25. The maximum atomic E-state index is 11.8. The Morgan fingerprint density at radius 3 is 2.88 bits per heavy atom. The highest BCUT2D eigenvalue weighted by Gasteiger charge is 2.15. The number of rotatable bonds is 4. The number of hydrogen-bond donors (Lipinski definition) is 2. The van der Waals surface area contributed by atoms with Crippen molar-refractivity contribution in [1.29, 1.82) is 0 Å². The molecular formula is C11H13BrClNO2. The molecule has 1 amide bonds. The molecule has 3 nitrogen and oxygen atoms in total. The van der Waals surface area contributed by atoms with E-state index in [0.29, 0.717) is 21.5 Å². The van der Waals surface area contributed by atoms with Crippen LogP contribution in [0, 0.1) is 0 Å². The van der Waals surface area contributed by atoms with Crippen LogP contribution in [0.2, 0.25) is 5.02 Å². The summed E-state index contributed by atoms with van der Waals surface area (Å²) in [6.45, 7) is 1.82. The summed E-state index contributed by atoms with van der Waals surface area (Å²) in [5.74, 6) is -0.271. The molecule has 0 aliphatic rings. The van der Waals surface area contributed by atoms with Gasteiger partial charge in [0.25, 0.3) is 5.91 Å². The van der Waals surface area contributed by atoms with Gasteiger partial charge in [0.1, 0.15) is 0 Å². The minimum Gasteiger partial charge on any atom is -0.394 e. The molecule has 0 aliphatic carbocycles. The van der Waals surface area contributed by atoms with Crippen LogP contribution in [0.5, 0.6) is 0 Å². The average Bonchev–Trinajstić information content (AvgIpc) is 2.29. The molecule has 0 fully saturated rings. The molecule has 16 heavy (non-hydrogen) atoms. The molecule has 0 saturated carbocycles. The molecule has 1 aromatic carbocycles. The fourth-order valence-electron chi connectivity index (χ4n) is 1.22. The van der Waals surface area contributed by atoms with Crippen LogP contribution in [0.3, 0.4) is 0 Å². The zero-order chi connectivity index (χ0) is 12.1. The van der Waals surface area contributed by atoms with Crippen molar-refractivity contribution in [3.05, 3.63) is 33.3 Å². The second kappa shape index (κ2) is 6.23. The third-order valence-corrected chi connectivity index (χ3v) is 3.54. The SMILES string of the molecule is CCC(CO)NC(=O)c1cccc(Br)c1Cl. The molecule has 0 heterocycles. The van der Waals surface area contributed by atoms with Gasteiger partial charge in [0.2, 0.25) is 0 Å². The number of amides is 1. The molecule has 1 rings (SSSR count). The Hall–Kier alpha value is -0.580. The molecule has 0 spiro atoms. The quantitative estimate of drug-likeness (QED) is 0.898. The fourth-order valence-corrected chi connectivity index (χ4v) is 1.80. The fraction of sp³-hybridized carbons (Fsp3) is 0.364. The van der Waals surface area contributed by atoms with E-state index in [1.165, 1.54) is 0 Å². The number of nitrogens with one attached hydrogen (secondary N) is 1. The van der Waals surface area contributed by atoms with Gasteiger partial charge in [-0.05, 0) is 34.5 Å². The Morgan fingerprint density at radius 1 is 1.62 bits per heavy atom. The summed E-state index contributed by atoms with van der Waals surface area (Å²) in [4.78, 5) is 11.8. The Morgan fingerprint density at radius 2 is 2.31 bits per heavy atom. The van der Waals surface area contributed by atoms with Crippen LogP contribution >= 0.6 is 27.5 Å². The third-order valence-electron chi connectivity index (χ3n) is 2.24. The number of aliphatic hydroxyl groups excluding tert-OH is 1. The molecule has 88 valence electrons. The van der Waals surface area contributed by atoms with Gasteiger partial charge in [0.05, 0.1) is 23.2 Å². The first-order chi connectivity index (χ1) is 7.60. The molecule has 2 N–H and O–H groups in total. The molecule has 0 aliphatic heterocycles. The summed E-state index contributed by atoms with van der Waals surface area (Å²) in [5, 5.41) is 12.1. The first-order valence-corrected chi connectivity index (χ1v) is 6.13. The Balaban J connectivity index is 2.84. The maximum absolute atomic E-state index is 11.8. The second-order valence-corrected chi connectivity index (χ2v) is 4.59. The first kappa shape index (κ1) is 13.5. The smallest absolute Gasteiger partial charge is 0.253 e. The van der Waals surface area contributed by atoms with Crippen molar-refractivity contribution >= 4 is 33.4 Å². The van der Waals surface area contributed by atoms with E-state index >= 15 is 0 Å². The van der Waals surface area contributed by atoms with E-state index in [1.807, 2.05) is 6.92 Å². The summed E-state index contributed by atoms with van der Waals surface area (Å²) in [5.41, 5.74) is 0.406. The topological polar surface area (TPSA) is 49.3 Å². The standard InChI is InChI=1S/C11H13BrClNO2/c1-2-7(6-15)14-11(16)8-4-3-5-9(12)10(8)13/h3-5,7,15H,2,6H2,1H3,(H,14,16). The molecule has 0 saturated heterocycles. The molecular weight excluding hydrogens is 293 g/mol. The van der Waals surface area contributed by atoms with E-state index in [2.05, 4.69) is 21.2 Å². The van der Waals surface area contributed by atoms with Gasteiger partial charge in [0.15, 0.2) is 0 Å². The summed E-state index contributed by atoms with van der Waals surface area (Å²) in [7, 11) is 0. The van der Waals surface area contributed by atoms with Crippen molar-refractivity contribution in [3.8, 4) is 0 Å². The van der Waals surface area contributed by atoms with Gasteiger partial charge in [-0.15, -0.1) is 0 Å². The lowest BCUT2D eigenvalue weighted by Gasteiger charge is -2.14. The van der Waals surface area contributed by atoms with E-state index in [4.69, 9.17) is 16.7 Å². The minimum atomic E-state index is -0.271. The summed E-state index contributed by atoms with van der Waals surface area (Å²) >= 11 is 9.24. The van der Waals surface area contributed by atoms with E-state index in [9.17, 15) is 4.79 Å². The summed E-state index contributed by atoms with van der Waals surface area (Å²) in [6, 6.07) is 4.92. The third kappa shape index (κ3) is 3.20. The van der Waals surface area contributed by atoms with Crippen LogP contribution in [0.15, 0.2) is 22.7 Å². The average molecular weight is 307 g/mol. The molecule has 0 aromatic heterocycles. The molecule has 0 bridgehead atoms. The lowest BCUT2D eigenvalue weighted by molar-refractivity contribution is 0.0915. The van der Waals surface area contributed by atoms with Gasteiger partial charge < -0.3 is 10.4 Å². The zero-order valence-corrected chi connectivity index (χ0v) is 11.2. The second-order valence-electron chi connectivity index (χ2n) is 3.36. The molecule has 1 unspecified atom stereocenters. The van der Waals surface area contributed by atoms with Gasteiger partial charge in [-0.1, -0.05) is 24.6 Å². The Bertz CT molecular complexity index is 380. The van der Waals surface area contributed by atoms with Crippen molar-refractivity contribution in [1.82, 2.24) is 5.32 Å². The van der Waals surface area contributed by atoms with Crippen molar-refractivity contribution in [2.24, 2.45) is 0 Å². The molecule has 1 atom stereocenters. The highest BCUT2D eigenvalue weighted by molar-refractivity contribution is 9.10. The van der Waals surface area contributed by atoms with E-state index in [0.717, 1.165) is 0 Å². The highest BCUT2D eigenvalue weighted by atomic mass is 79.9. The van der Waals surface area contributed by atoms with E-state index < -0.39 is 0 Å². The van der Waals surface area contributed by atoms with Crippen LogP contribution in [0.25, 0.3) is 0 Å². The van der Waals surface area contributed by atoms with Crippen LogP contribution in [0.1, 0.15) is 23.7 Å². The van der Waals surface area contributed by atoms with Crippen LogP contribution in [-0.4, -0.2) is 23.7 Å². The zero-order valence-electron chi connectivity index (χ0n) is 8.84. The molecule has 5 heteroatoms. The number of carbonyl (C=O) groups is 1. The predicted octanol–water partition coefficient (Wildman–Crippen LogP) is 2.60. The largest absolute Gasteiger partial charge is 0.394 e. The number of carbonyl (C=O) groups excluding carboxylic acids is 1. The lowest BCUT2D eigenvalue weighted by atomic mass is 10.2. The van der Waals surface area contributed by atoms with Gasteiger partial charge in [-0.2, -0.15) is 0 Å². The molecule has 0 radical (unpaired) electrons. The van der Waals surface area contributed by atoms with Gasteiger partial charge in [-0.25, -0.2) is 0 Å². The number of halogens is 2. The molecule has 1 aromatic rings. The number of hydrogen-bond acceptors (Lipinski definition) is 2. The van der Waals surface area contributed by atoms with Crippen LogP contribution < -0.4 is 5.32 Å². The lowest BCUT2D eigenvalue weighted by Crippen LogP contribution is -2.37. The van der Waals surface area contributed by atoms with E-state index in [-0.39, 0.29) is 18.6 Å². The maximum Gasteiger partial charge on any atom is 0.253 e. The Kier molecular flexibility index (Phi) is 5.25. The number of benzene rings is 1. The Labute approximate surface area is 108 Å². The monoisotopic (exact) mass is 305 g/mol. The minimum absolute atomic E-state index is 0.0755. The van der Waals surface area contributed by atoms with Gasteiger partial charge in [-0.3, -0.25) is 4.79 Å². The van der Waals surface area contributed by atoms with E-state index in [1.54, 1.807) is 18.2 Å². The first-order valence-electron chi connectivity index (χ1n) is 4.95. The predicted molar refractivity (Wildman–Crippen MR) is 67.8 cm³/mol. The van der Waals surface area contributed by atoms with Crippen molar-refractivity contribution in [3.63, 3.8) is 0 Å². The van der Waals surface area contributed by atoms with Crippen molar-refractivity contribution < 1.29 is 9.90 Å². The van der Waals surface area contributed by atoms with Crippen LogP contribution in [-0.2, 0) is 0 Å². The summed E-state index contributed by atoms with van der Waals surface area (Å²) in [6.07, 6.45) is 0.674. The van der Waals surface area contributed by atoms with Crippen LogP contribution in [0.4, 0.5) is 0 Å². The summed E-state index contributed by atoms with van der Waals surface area (Å²) < 4.78 is 0.680. The van der Waals surface area contributed by atoms with Crippen molar-refractivity contribution in [2.75, 3.05) is 6.61 Å². The van der Waals surface area contributed by atoms with Crippen molar-refractivity contribution in [2.45, 2.75) is 19.4 Å². The van der Waals surface area contributed by atoms with Gasteiger partial charge >= 0.3 is 0 Å². The normalized spacial score (nSPS) is 12.2.